The Morgan fingerprint density at radius 3 is 2.67 bits per heavy atom. The number of carbonyl (C=O) groups excluding carboxylic acids is 1. The van der Waals surface area contributed by atoms with Crippen molar-refractivity contribution in [1.29, 1.82) is 0 Å². The molecular weight excluding hydrogens is 162 g/mol. The summed E-state index contributed by atoms with van der Waals surface area (Å²) in [5.41, 5.74) is -0.102. The van der Waals surface area contributed by atoms with Gasteiger partial charge in [-0.1, -0.05) is 0 Å². The van der Waals surface area contributed by atoms with Gasteiger partial charge in [0.25, 0.3) is 0 Å². The Morgan fingerprint density at radius 2 is 2.08 bits per heavy atom. The van der Waals surface area contributed by atoms with E-state index in [1.54, 1.807) is 0 Å². The number of carbonyl (C=O) groups is 1. The first-order chi connectivity index (χ1) is 6.00. The first-order valence-electron chi connectivity index (χ1n) is 3.70. The van der Waals surface area contributed by atoms with Crippen molar-refractivity contribution in [3.63, 3.8) is 0 Å². The number of hydrogen-bond donors (Lipinski definition) is 2. The van der Waals surface area contributed by atoms with Crippen molar-refractivity contribution in [2.24, 2.45) is 0 Å². The standard InChI is InChI=1S/C8H7FO3/c9-6-4-8(12)7(11)3-5(6)1-2-10/h2-4,11-12H,1H2/i2D,9-1. The van der Waals surface area contributed by atoms with Crippen molar-refractivity contribution in [2.45, 2.75) is 6.42 Å². The fourth-order valence-corrected chi connectivity index (χ4v) is 0.808. The molecule has 0 radical (unpaired) electrons. The zero-order valence-electron chi connectivity index (χ0n) is 7.04. The number of aldehydes is 1. The third kappa shape index (κ3) is 1.53. The van der Waals surface area contributed by atoms with Crippen molar-refractivity contribution >= 4 is 6.26 Å². The van der Waals surface area contributed by atoms with Crippen molar-refractivity contribution in [3.05, 3.63) is 23.5 Å². The maximum Gasteiger partial charge on any atom is 0.160 e. The SMILES string of the molecule is [2H]C(=O)Cc1cc(O)c(O)cc1[18F]. The zero-order valence-corrected chi connectivity index (χ0v) is 6.04. The number of phenolic OH excluding ortho intramolecular Hbond substituents is 2. The molecule has 4 heteroatoms. The lowest BCUT2D eigenvalue weighted by Crippen LogP contribution is -1.90. The highest BCUT2D eigenvalue weighted by molar-refractivity contribution is 5.56. The normalized spacial score (nSPS) is 10.9. The molecule has 0 aliphatic carbocycles. The molecule has 0 atom stereocenters. The van der Waals surface area contributed by atoms with Gasteiger partial charge in [-0.05, 0) is 11.6 Å². The van der Waals surface area contributed by atoms with Gasteiger partial charge in [0.2, 0.25) is 0 Å². The smallest absolute Gasteiger partial charge is 0.160 e. The fraction of sp³-hybridized carbons (Fsp3) is 0.125. The van der Waals surface area contributed by atoms with E-state index in [0.717, 1.165) is 6.07 Å². The number of hydrogen-bond acceptors (Lipinski definition) is 3. The minimum atomic E-state index is -0.955. The average molecular weight is 170 g/mol. The molecule has 0 aliphatic heterocycles. The minimum absolute atomic E-state index is 0.102. The highest BCUT2D eigenvalue weighted by atomic mass is 18.2. The number of rotatable bonds is 2. The monoisotopic (exact) mass is 170 g/mol. The Bertz CT molecular complexity index is 351. The van der Waals surface area contributed by atoms with Crippen LogP contribution in [-0.4, -0.2) is 16.5 Å². The van der Waals surface area contributed by atoms with Crippen LogP contribution in [0.25, 0.3) is 0 Å². The van der Waals surface area contributed by atoms with Crippen LogP contribution in [0.4, 0.5) is 4.39 Å². The van der Waals surface area contributed by atoms with Crippen LogP contribution in [0.3, 0.4) is 0 Å². The Morgan fingerprint density at radius 1 is 1.50 bits per heavy atom. The van der Waals surface area contributed by atoms with Crippen LogP contribution in [0.5, 0.6) is 11.5 Å². The second kappa shape index (κ2) is 3.21. The van der Waals surface area contributed by atoms with Crippen LogP contribution in [-0.2, 0) is 11.2 Å². The molecule has 0 fully saturated rings. The molecule has 12 heavy (non-hydrogen) atoms. The molecule has 0 amide bonds. The molecule has 0 spiro atoms. The lowest BCUT2D eigenvalue weighted by atomic mass is 10.1. The number of aromatic hydroxyl groups is 2. The molecular formula is C8H7FO3. The average Bonchev–Trinajstić information content (AvgIpc) is 1.99. The molecule has 3 nitrogen and oxygen atoms in total. The number of halogens is 1. The number of benzene rings is 1. The van der Waals surface area contributed by atoms with E-state index in [1.807, 2.05) is 0 Å². The fourth-order valence-electron chi connectivity index (χ4n) is 0.808. The van der Waals surface area contributed by atoms with Gasteiger partial charge in [-0.25, -0.2) is 4.39 Å². The summed E-state index contributed by atoms with van der Waals surface area (Å²) in [7, 11) is 0. The lowest BCUT2D eigenvalue weighted by Gasteiger charge is -2.01. The van der Waals surface area contributed by atoms with Crippen LogP contribution >= 0.6 is 0 Å². The topological polar surface area (TPSA) is 57.5 Å². The molecule has 0 aromatic heterocycles. The van der Waals surface area contributed by atoms with Gasteiger partial charge in [-0.2, -0.15) is 0 Å². The van der Waals surface area contributed by atoms with Gasteiger partial charge in [0.05, 0.1) is 0 Å². The van der Waals surface area contributed by atoms with E-state index in [0.29, 0.717) is 6.07 Å². The van der Waals surface area contributed by atoms with E-state index in [2.05, 4.69) is 0 Å². The predicted octanol–water partition coefficient (Wildman–Crippen LogP) is 0.978. The number of phenols is 2. The van der Waals surface area contributed by atoms with Gasteiger partial charge in [0, 0.05) is 12.5 Å². The van der Waals surface area contributed by atoms with Gasteiger partial charge in [0.15, 0.2) is 11.5 Å². The molecule has 1 aromatic rings. The summed E-state index contributed by atoms with van der Waals surface area (Å²) in [4.78, 5) is 10.3. The van der Waals surface area contributed by atoms with Gasteiger partial charge >= 0.3 is 0 Å². The summed E-state index contributed by atoms with van der Waals surface area (Å²) in [6.45, 7) is 0. The van der Waals surface area contributed by atoms with E-state index >= 15 is 0 Å². The van der Waals surface area contributed by atoms with Gasteiger partial charge in [-0.3, -0.25) is 0 Å². The lowest BCUT2D eigenvalue weighted by molar-refractivity contribution is -0.107. The van der Waals surface area contributed by atoms with Crippen LogP contribution in [0, 0.1) is 5.82 Å². The molecule has 0 unspecified atom stereocenters. The van der Waals surface area contributed by atoms with E-state index in [4.69, 9.17) is 11.6 Å². The molecule has 1 aromatic carbocycles. The van der Waals surface area contributed by atoms with Crippen LogP contribution in [0.1, 0.15) is 6.93 Å². The summed E-state index contributed by atoms with van der Waals surface area (Å²) in [6, 6.07) is 1.63. The summed E-state index contributed by atoms with van der Waals surface area (Å²) >= 11 is 0. The van der Waals surface area contributed by atoms with Gasteiger partial charge < -0.3 is 15.0 Å². The third-order valence-electron chi connectivity index (χ3n) is 1.41. The molecule has 1 rings (SSSR count). The quantitative estimate of drug-likeness (QED) is 0.513. The van der Waals surface area contributed by atoms with Gasteiger partial charge in [-0.15, -0.1) is 0 Å². The molecule has 0 saturated carbocycles. The highest BCUT2D eigenvalue weighted by Gasteiger charge is 2.07. The summed E-state index contributed by atoms with van der Waals surface area (Å²) in [5.74, 6) is -1.90. The second-order valence-corrected chi connectivity index (χ2v) is 2.25. The summed E-state index contributed by atoms with van der Waals surface area (Å²) in [5, 5.41) is 17.8. The van der Waals surface area contributed by atoms with Crippen LogP contribution < -0.4 is 0 Å². The Labute approximate surface area is 69.5 Å². The molecule has 0 bridgehead atoms. The van der Waals surface area contributed by atoms with E-state index in [9.17, 15) is 9.18 Å². The molecule has 2 N–H and O–H groups in total. The third-order valence-corrected chi connectivity index (χ3v) is 1.41. The van der Waals surface area contributed by atoms with Crippen LogP contribution in [0.2, 0.25) is 0 Å². The highest BCUT2D eigenvalue weighted by Crippen LogP contribution is 2.27. The maximum atomic E-state index is 12.9. The molecule has 0 saturated heterocycles. The van der Waals surface area contributed by atoms with Crippen molar-refractivity contribution in [3.8, 4) is 11.5 Å². The Balaban J connectivity index is 3.08. The summed E-state index contributed by atoms with van der Waals surface area (Å²) in [6.07, 6.45) is -1.37. The van der Waals surface area contributed by atoms with Crippen molar-refractivity contribution in [2.75, 3.05) is 0 Å². The van der Waals surface area contributed by atoms with Gasteiger partial charge in [0.1, 0.15) is 13.5 Å². The second-order valence-electron chi connectivity index (χ2n) is 2.25. The molecule has 0 aliphatic rings. The van der Waals surface area contributed by atoms with Crippen molar-refractivity contribution in [1.82, 2.24) is 0 Å². The molecule has 64 valence electrons. The van der Waals surface area contributed by atoms with Crippen molar-refractivity contribution < 1.29 is 20.8 Å². The first kappa shape index (κ1) is 7.09. The minimum Gasteiger partial charge on any atom is -0.504 e. The zero-order chi connectivity index (χ0) is 10.0. The van der Waals surface area contributed by atoms with E-state index in [-0.39, 0.29) is 5.56 Å². The summed E-state index contributed by atoms with van der Waals surface area (Å²) < 4.78 is 19.5. The molecule has 0 heterocycles. The predicted molar refractivity (Wildman–Crippen MR) is 39.5 cm³/mol. The first-order valence-corrected chi connectivity index (χ1v) is 3.20. The van der Waals surface area contributed by atoms with E-state index < -0.39 is 30.0 Å². The largest absolute Gasteiger partial charge is 0.504 e. The Kier molecular flexibility index (Phi) is 1.90. The van der Waals surface area contributed by atoms with Crippen LogP contribution in [0.15, 0.2) is 12.1 Å². The van der Waals surface area contributed by atoms with E-state index in [1.165, 1.54) is 0 Å². The Hall–Kier alpha value is -1.58. The maximum absolute atomic E-state index is 12.9.